The molecule has 1 aromatic rings. The molecule has 2 nitrogen and oxygen atoms in total. The Morgan fingerprint density at radius 3 is 2.90 bits per heavy atom. The Hall–Kier alpha value is -1.09. The highest BCUT2D eigenvalue weighted by Gasteiger charge is 2.19. The van der Waals surface area contributed by atoms with Gasteiger partial charge < -0.3 is 10.2 Å². The maximum absolute atomic E-state index is 14.4. The van der Waals surface area contributed by atoms with Crippen molar-refractivity contribution >= 4 is 5.69 Å². The molecule has 2 rings (SSSR count). The van der Waals surface area contributed by atoms with Crippen LogP contribution in [-0.4, -0.2) is 19.6 Å². The lowest BCUT2D eigenvalue weighted by atomic mass is 9.99. The minimum Gasteiger partial charge on any atom is -0.369 e. The van der Waals surface area contributed by atoms with Crippen molar-refractivity contribution in [2.45, 2.75) is 46.1 Å². The van der Waals surface area contributed by atoms with Gasteiger partial charge in [-0.25, -0.2) is 4.39 Å². The molecule has 1 aliphatic rings. The van der Waals surface area contributed by atoms with Crippen molar-refractivity contribution in [3.63, 3.8) is 0 Å². The molecule has 3 heteroatoms. The van der Waals surface area contributed by atoms with E-state index in [1.165, 1.54) is 6.42 Å². The van der Waals surface area contributed by atoms with E-state index in [-0.39, 0.29) is 11.9 Å². The van der Waals surface area contributed by atoms with E-state index < -0.39 is 0 Å². The number of nitrogens with one attached hydrogen (secondary N) is 1. The van der Waals surface area contributed by atoms with Crippen LogP contribution < -0.4 is 10.2 Å². The third-order valence-corrected chi connectivity index (χ3v) is 4.17. The number of halogens is 1. The number of hydrogen-bond donors (Lipinski definition) is 1. The van der Waals surface area contributed by atoms with E-state index in [0.717, 1.165) is 43.7 Å². The summed E-state index contributed by atoms with van der Waals surface area (Å²) in [5.74, 6) is 0.578. The lowest BCUT2D eigenvalue weighted by Gasteiger charge is -2.33. The fraction of sp³-hybridized carbons (Fsp3) is 0.647. The van der Waals surface area contributed by atoms with Crippen LogP contribution in [0.4, 0.5) is 10.1 Å². The molecule has 1 heterocycles. The normalized spacial score (nSPS) is 21.0. The number of nitrogens with zero attached hydrogens (tertiary/aromatic N) is 1. The topological polar surface area (TPSA) is 15.3 Å². The van der Waals surface area contributed by atoms with E-state index in [9.17, 15) is 4.39 Å². The summed E-state index contributed by atoms with van der Waals surface area (Å²) < 4.78 is 14.4. The predicted molar refractivity (Wildman–Crippen MR) is 83.7 cm³/mol. The number of piperidine rings is 1. The van der Waals surface area contributed by atoms with Gasteiger partial charge in [0.1, 0.15) is 5.82 Å². The van der Waals surface area contributed by atoms with E-state index in [4.69, 9.17) is 0 Å². The van der Waals surface area contributed by atoms with Crippen molar-refractivity contribution in [2.75, 3.05) is 24.5 Å². The van der Waals surface area contributed by atoms with E-state index in [0.29, 0.717) is 5.92 Å². The van der Waals surface area contributed by atoms with E-state index in [1.54, 1.807) is 6.07 Å². The van der Waals surface area contributed by atoms with Crippen molar-refractivity contribution in [2.24, 2.45) is 5.92 Å². The maximum atomic E-state index is 14.4. The minimum absolute atomic E-state index is 0.0817. The Morgan fingerprint density at radius 2 is 2.25 bits per heavy atom. The summed E-state index contributed by atoms with van der Waals surface area (Å²) in [6, 6.07) is 5.92. The molecule has 0 bridgehead atoms. The van der Waals surface area contributed by atoms with E-state index in [1.807, 2.05) is 6.07 Å². The first-order chi connectivity index (χ1) is 9.61. The highest BCUT2D eigenvalue weighted by molar-refractivity contribution is 5.50. The minimum atomic E-state index is -0.0817. The third-order valence-electron chi connectivity index (χ3n) is 4.17. The average molecular weight is 278 g/mol. The van der Waals surface area contributed by atoms with Gasteiger partial charge in [0.25, 0.3) is 0 Å². The standard InChI is InChI=1S/C17H27FN2/c1-4-9-19-14(3)15-7-8-17(16(18)11-15)20-10-5-6-13(2)12-20/h7-8,11,13-14,19H,4-6,9-10,12H2,1-3H3. The van der Waals surface area contributed by atoms with Gasteiger partial charge in [0, 0.05) is 19.1 Å². The van der Waals surface area contributed by atoms with Gasteiger partial charge >= 0.3 is 0 Å². The quantitative estimate of drug-likeness (QED) is 0.871. The summed E-state index contributed by atoms with van der Waals surface area (Å²) in [5, 5.41) is 3.40. The number of rotatable bonds is 5. The first-order valence-corrected chi connectivity index (χ1v) is 7.89. The van der Waals surface area contributed by atoms with Crippen LogP contribution in [0, 0.1) is 11.7 Å². The first kappa shape index (κ1) is 15.3. The maximum Gasteiger partial charge on any atom is 0.146 e. The van der Waals surface area contributed by atoms with Crippen molar-refractivity contribution in [3.05, 3.63) is 29.6 Å². The monoisotopic (exact) mass is 278 g/mol. The van der Waals surface area contributed by atoms with Crippen LogP contribution in [0.15, 0.2) is 18.2 Å². The molecule has 0 amide bonds. The van der Waals surface area contributed by atoms with Gasteiger partial charge in [-0.1, -0.05) is 19.9 Å². The van der Waals surface area contributed by atoms with Crippen molar-refractivity contribution in [1.29, 1.82) is 0 Å². The smallest absolute Gasteiger partial charge is 0.146 e. The van der Waals surface area contributed by atoms with Gasteiger partial charge in [0.2, 0.25) is 0 Å². The van der Waals surface area contributed by atoms with Crippen molar-refractivity contribution in [3.8, 4) is 0 Å². The van der Waals surface area contributed by atoms with Gasteiger partial charge in [-0.05, 0) is 56.3 Å². The van der Waals surface area contributed by atoms with Crippen LogP contribution in [0.3, 0.4) is 0 Å². The molecule has 0 radical (unpaired) electrons. The fourth-order valence-electron chi connectivity index (χ4n) is 2.94. The molecular formula is C17H27FN2. The summed E-state index contributed by atoms with van der Waals surface area (Å²) in [7, 11) is 0. The molecule has 2 atom stereocenters. The lowest BCUT2D eigenvalue weighted by molar-refractivity contribution is 0.442. The SMILES string of the molecule is CCCNC(C)c1ccc(N2CCCC(C)C2)c(F)c1. The van der Waals surface area contributed by atoms with Crippen LogP contribution >= 0.6 is 0 Å². The van der Waals surface area contributed by atoms with Crippen LogP contribution in [-0.2, 0) is 0 Å². The number of benzene rings is 1. The molecule has 1 N–H and O–H groups in total. The highest BCUT2D eigenvalue weighted by atomic mass is 19.1. The summed E-state index contributed by atoms with van der Waals surface area (Å²) in [4.78, 5) is 2.19. The Balaban J connectivity index is 2.09. The molecular weight excluding hydrogens is 251 g/mol. The van der Waals surface area contributed by atoms with Gasteiger partial charge in [-0.3, -0.25) is 0 Å². The lowest BCUT2D eigenvalue weighted by Crippen LogP contribution is -2.34. The second-order valence-electron chi connectivity index (χ2n) is 6.08. The van der Waals surface area contributed by atoms with E-state index >= 15 is 0 Å². The van der Waals surface area contributed by atoms with Crippen molar-refractivity contribution in [1.82, 2.24) is 5.32 Å². The molecule has 2 unspecified atom stereocenters. The van der Waals surface area contributed by atoms with E-state index in [2.05, 4.69) is 37.1 Å². The summed E-state index contributed by atoms with van der Waals surface area (Å²) >= 11 is 0. The number of hydrogen-bond acceptors (Lipinski definition) is 2. The molecule has 1 fully saturated rings. The molecule has 0 aromatic heterocycles. The predicted octanol–water partition coefficient (Wildman–Crippen LogP) is 4.12. The van der Waals surface area contributed by atoms with Gasteiger partial charge in [0.05, 0.1) is 5.69 Å². The van der Waals surface area contributed by atoms with Crippen molar-refractivity contribution < 1.29 is 4.39 Å². The second kappa shape index (κ2) is 7.07. The molecule has 0 spiro atoms. The second-order valence-corrected chi connectivity index (χ2v) is 6.08. The highest BCUT2D eigenvalue weighted by Crippen LogP contribution is 2.27. The Kier molecular flexibility index (Phi) is 5.41. The Labute approximate surface area is 122 Å². The summed E-state index contributed by atoms with van der Waals surface area (Å²) in [6.07, 6.45) is 3.52. The summed E-state index contributed by atoms with van der Waals surface area (Å²) in [6.45, 7) is 9.39. The Morgan fingerprint density at radius 1 is 1.45 bits per heavy atom. The molecule has 0 aliphatic carbocycles. The fourth-order valence-corrected chi connectivity index (χ4v) is 2.94. The molecule has 1 aliphatic heterocycles. The van der Waals surface area contributed by atoms with Crippen LogP contribution in [0.25, 0.3) is 0 Å². The molecule has 1 aromatic carbocycles. The number of anilines is 1. The van der Waals surface area contributed by atoms with Crippen LogP contribution in [0.1, 0.15) is 51.6 Å². The van der Waals surface area contributed by atoms with Crippen LogP contribution in [0.5, 0.6) is 0 Å². The average Bonchev–Trinajstić information content (AvgIpc) is 2.44. The first-order valence-electron chi connectivity index (χ1n) is 7.89. The third kappa shape index (κ3) is 3.72. The van der Waals surface area contributed by atoms with Gasteiger partial charge in [-0.2, -0.15) is 0 Å². The zero-order chi connectivity index (χ0) is 14.5. The largest absolute Gasteiger partial charge is 0.369 e. The molecule has 0 saturated carbocycles. The zero-order valence-corrected chi connectivity index (χ0v) is 13.0. The zero-order valence-electron chi connectivity index (χ0n) is 13.0. The van der Waals surface area contributed by atoms with Crippen LogP contribution in [0.2, 0.25) is 0 Å². The Bertz CT molecular complexity index is 433. The molecule has 20 heavy (non-hydrogen) atoms. The summed E-state index contributed by atoms with van der Waals surface area (Å²) in [5.41, 5.74) is 1.80. The molecule has 112 valence electrons. The van der Waals surface area contributed by atoms with Gasteiger partial charge in [-0.15, -0.1) is 0 Å². The molecule has 1 saturated heterocycles. The van der Waals surface area contributed by atoms with Gasteiger partial charge in [0.15, 0.2) is 0 Å².